The molecule has 0 unspecified atom stereocenters. The van der Waals surface area contributed by atoms with Gasteiger partial charge in [0.05, 0.1) is 0 Å². The molecule has 2 N–H and O–H groups in total. The molecule has 1 aliphatic heterocycles. The number of ether oxygens (including phenoxy) is 2. The van der Waals surface area contributed by atoms with Gasteiger partial charge in [-0.3, -0.25) is 4.79 Å². The number of hydrogen-bond acceptors (Lipinski definition) is 5. The minimum absolute atomic E-state index is 0.107. The average molecular weight is 270 g/mol. The van der Waals surface area contributed by atoms with Crippen molar-refractivity contribution in [3.05, 3.63) is 24.3 Å². The van der Waals surface area contributed by atoms with Gasteiger partial charge in [0.25, 0.3) is 0 Å². The van der Waals surface area contributed by atoms with Gasteiger partial charge in [-0.05, 0) is 25.3 Å². The second kappa shape index (κ2) is 8.85. The van der Waals surface area contributed by atoms with Crippen molar-refractivity contribution >= 4 is 5.97 Å². The molecule has 0 aromatic rings. The van der Waals surface area contributed by atoms with E-state index in [1.54, 1.807) is 6.08 Å². The fraction of sp³-hybridized carbons (Fsp3) is 0.643. The second-order valence-electron chi connectivity index (χ2n) is 4.47. The fourth-order valence-corrected chi connectivity index (χ4v) is 1.81. The molecule has 3 atom stereocenters. The summed E-state index contributed by atoms with van der Waals surface area (Å²) >= 11 is 0. The van der Waals surface area contributed by atoms with E-state index in [2.05, 4.69) is 0 Å². The Hall–Kier alpha value is -1.17. The number of methoxy groups -OCH3 is 1. The first-order chi connectivity index (χ1) is 9.15. The van der Waals surface area contributed by atoms with E-state index >= 15 is 0 Å². The third-order valence-corrected chi connectivity index (χ3v) is 2.96. The molecule has 0 saturated heterocycles. The lowest BCUT2D eigenvalue weighted by Crippen LogP contribution is -2.36. The summed E-state index contributed by atoms with van der Waals surface area (Å²) in [4.78, 5) is 11.3. The Balaban J connectivity index is 2.67. The molecule has 0 saturated carbocycles. The van der Waals surface area contributed by atoms with Gasteiger partial charge >= 0.3 is 5.97 Å². The maximum atomic E-state index is 11.3. The molecule has 108 valence electrons. The highest BCUT2D eigenvalue weighted by molar-refractivity contribution is 5.69. The van der Waals surface area contributed by atoms with Crippen LogP contribution in [0.4, 0.5) is 0 Å². The Morgan fingerprint density at radius 3 is 2.79 bits per heavy atom. The molecule has 0 amide bonds. The maximum Gasteiger partial charge on any atom is 0.306 e. The monoisotopic (exact) mass is 270 g/mol. The van der Waals surface area contributed by atoms with Gasteiger partial charge in [-0.25, -0.2) is 0 Å². The molecule has 0 fully saturated rings. The molecular formula is C14H22O5. The van der Waals surface area contributed by atoms with Gasteiger partial charge in [-0.2, -0.15) is 0 Å². The van der Waals surface area contributed by atoms with E-state index in [1.165, 1.54) is 19.3 Å². The molecule has 5 nitrogen and oxygen atoms in total. The van der Waals surface area contributed by atoms with Crippen LogP contribution in [0.15, 0.2) is 24.3 Å². The minimum atomic E-state index is -1.06. The maximum absolute atomic E-state index is 11.3. The van der Waals surface area contributed by atoms with Gasteiger partial charge < -0.3 is 19.7 Å². The van der Waals surface area contributed by atoms with Crippen LogP contribution in [-0.4, -0.2) is 48.2 Å². The van der Waals surface area contributed by atoms with Crippen molar-refractivity contribution in [1.29, 1.82) is 0 Å². The Morgan fingerprint density at radius 2 is 2.05 bits per heavy atom. The van der Waals surface area contributed by atoms with Crippen molar-refractivity contribution in [2.75, 3.05) is 13.7 Å². The zero-order valence-electron chi connectivity index (χ0n) is 11.2. The van der Waals surface area contributed by atoms with Crippen molar-refractivity contribution < 1.29 is 24.5 Å². The lowest BCUT2D eigenvalue weighted by molar-refractivity contribution is -0.142. The average Bonchev–Trinajstić information content (AvgIpc) is 2.41. The number of allylic oxidation sites excluding steroid dienone is 1. The Kier molecular flexibility index (Phi) is 7.40. The van der Waals surface area contributed by atoms with Gasteiger partial charge in [0.1, 0.15) is 24.9 Å². The van der Waals surface area contributed by atoms with Crippen LogP contribution in [0.25, 0.3) is 0 Å². The summed E-state index contributed by atoms with van der Waals surface area (Å²) in [6.45, 7) is 0.107. The van der Waals surface area contributed by atoms with Crippen LogP contribution in [0.5, 0.6) is 0 Å². The highest BCUT2D eigenvalue weighted by atomic mass is 16.5. The number of aliphatic hydroxyl groups excluding tert-OH is 2. The first-order valence-corrected chi connectivity index (χ1v) is 6.53. The summed E-state index contributed by atoms with van der Waals surface area (Å²) in [5, 5.41) is 19.7. The number of aliphatic hydroxyl groups is 2. The van der Waals surface area contributed by atoms with Crippen molar-refractivity contribution in [2.45, 2.75) is 44.0 Å². The summed E-state index contributed by atoms with van der Waals surface area (Å²) < 4.78 is 10.1. The van der Waals surface area contributed by atoms with Crippen LogP contribution in [0.2, 0.25) is 0 Å². The van der Waals surface area contributed by atoms with Crippen LogP contribution in [0.1, 0.15) is 25.7 Å². The normalized spacial score (nSPS) is 34.1. The topological polar surface area (TPSA) is 76.0 Å². The molecule has 0 spiro atoms. The lowest BCUT2D eigenvalue weighted by atomic mass is 10.1. The second-order valence-corrected chi connectivity index (χ2v) is 4.47. The fourth-order valence-electron chi connectivity index (χ4n) is 1.81. The summed E-state index contributed by atoms with van der Waals surface area (Å²) in [5.41, 5.74) is 0. The number of esters is 1. The van der Waals surface area contributed by atoms with Crippen molar-refractivity contribution in [1.82, 2.24) is 0 Å². The molecule has 19 heavy (non-hydrogen) atoms. The number of carbonyl (C=O) groups is 1. The highest BCUT2D eigenvalue weighted by Gasteiger charge is 2.22. The van der Waals surface area contributed by atoms with Crippen LogP contribution < -0.4 is 0 Å². The van der Waals surface area contributed by atoms with Crippen LogP contribution in [0, 0.1) is 0 Å². The highest BCUT2D eigenvalue weighted by Crippen LogP contribution is 2.10. The molecule has 0 radical (unpaired) electrons. The smallest absolute Gasteiger partial charge is 0.306 e. The van der Waals surface area contributed by atoms with Crippen molar-refractivity contribution in [2.24, 2.45) is 0 Å². The van der Waals surface area contributed by atoms with E-state index in [0.29, 0.717) is 6.42 Å². The van der Waals surface area contributed by atoms with Gasteiger partial charge in [0.15, 0.2) is 0 Å². The largest absolute Gasteiger partial charge is 0.461 e. The summed E-state index contributed by atoms with van der Waals surface area (Å²) in [6.07, 6.45) is 6.75. The number of rotatable bonds is 1. The first-order valence-electron chi connectivity index (χ1n) is 6.53. The molecule has 1 aliphatic rings. The van der Waals surface area contributed by atoms with Gasteiger partial charge in [-0.1, -0.05) is 18.2 Å². The molecule has 0 aromatic heterocycles. The zero-order chi connectivity index (χ0) is 14.1. The van der Waals surface area contributed by atoms with Gasteiger partial charge in [0, 0.05) is 13.5 Å². The SMILES string of the molecule is CO[C@@H]1/C=C/CCCCC(=O)OC/C=C\[C@H](O)[C@@H]1O. The van der Waals surface area contributed by atoms with E-state index in [1.807, 2.05) is 6.08 Å². The molecule has 1 rings (SSSR count). The predicted molar refractivity (Wildman–Crippen MR) is 70.5 cm³/mol. The van der Waals surface area contributed by atoms with Gasteiger partial charge in [-0.15, -0.1) is 0 Å². The molecule has 0 bridgehead atoms. The van der Waals surface area contributed by atoms with Gasteiger partial charge in [0.2, 0.25) is 0 Å². The zero-order valence-corrected chi connectivity index (χ0v) is 11.2. The minimum Gasteiger partial charge on any atom is -0.461 e. The predicted octanol–water partition coefficient (Wildman–Crippen LogP) is 0.953. The Labute approximate surface area is 113 Å². The Morgan fingerprint density at radius 1 is 1.26 bits per heavy atom. The van der Waals surface area contributed by atoms with Crippen molar-refractivity contribution in [3.63, 3.8) is 0 Å². The Bertz CT molecular complexity index is 324. The summed E-state index contributed by atoms with van der Waals surface area (Å²) in [7, 11) is 1.49. The van der Waals surface area contributed by atoms with E-state index in [-0.39, 0.29) is 12.6 Å². The molecular weight excluding hydrogens is 248 g/mol. The van der Waals surface area contributed by atoms with E-state index in [4.69, 9.17) is 9.47 Å². The third kappa shape index (κ3) is 6.00. The van der Waals surface area contributed by atoms with E-state index < -0.39 is 18.3 Å². The summed E-state index contributed by atoms with van der Waals surface area (Å²) in [6, 6.07) is 0. The van der Waals surface area contributed by atoms with Crippen LogP contribution in [-0.2, 0) is 14.3 Å². The molecule has 1 heterocycles. The van der Waals surface area contributed by atoms with E-state index in [0.717, 1.165) is 19.3 Å². The first kappa shape index (κ1) is 15.9. The number of cyclic esters (lactones) is 1. The standard InChI is InChI=1S/C14H22O5/c1-18-12-8-4-2-3-5-9-13(16)19-10-6-7-11(15)14(12)17/h4,6-8,11-12,14-15,17H,2-3,5,9-10H2,1H3/b7-6-,8-4+/t11-,12+,14-/m0/s1. The van der Waals surface area contributed by atoms with Crippen molar-refractivity contribution in [3.8, 4) is 0 Å². The number of carbonyl (C=O) groups excluding carboxylic acids is 1. The quantitative estimate of drug-likeness (QED) is 0.548. The lowest BCUT2D eigenvalue weighted by Gasteiger charge is -2.21. The van der Waals surface area contributed by atoms with E-state index in [9.17, 15) is 15.0 Å². The molecule has 5 heteroatoms. The third-order valence-electron chi connectivity index (χ3n) is 2.96. The summed E-state index contributed by atoms with van der Waals surface area (Å²) in [5.74, 6) is -0.240. The number of hydrogen-bond donors (Lipinski definition) is 2. The van der Waals surface area contributed by atoms with Crippen LogP contribution >= 0.6 is 0 Å². The van der Waals surface area contributed by atoms with Crippen LogP contribution in [0.3, 0.4) is 0 Å². The molecule has 0 aliphatic carbocycles. The molecule has 0 aromatic carbocycles.